The largest absolute Gasteiger partial charge is 0.573 e. The summed E-state index contributed by atoms with van der Waals surface area (Å²) in [4.78, 5) is 4.42. The number of guanidine groups is 1. The van der Waals surface area contributed by atoms with Crippen LogP contribution in [0.2, 0.25) is 0 Å². The van der Waals surface area contributed by atoms with Gasteiger partial charge in [-0.25, -0.2) is 0 Å². The van der Waals surface area contributed by atoms with Crippen LogP contribution in [0.5, 0.6) is 5.75 Å². The van der Waals surface area contributed by atoms with Crippen LogP contribution < -0.4 is 15.4 Å². The maximum Gasteiger partial charge on any atom is 0.573 e. The van der Waals surface area contributed by atoms with Gasteiger partial charge < -0.3 is 15.4 Å². The third-order valence-corrected chi connectivity index (χ3v) is 3.36. The molecule has 9 heteroatoms. The summed E-state index contributed by atoms with van der Waals surface area (Å²) in [7, 11) is 0. The van der Waals surface area contributed by atoms with E-state index in [-0.39, 0.29) is 29.7 Å². The highest BCUT2D eigenvalue weighted by Crippen LogP contribution is 2.22. The molecule has 0 amide bonds. The number of ether oxygens (including phenoxy) is 1. The highest BCUT2D eigenvalue weighted by Gasteiger charge is 2.30. The Morgan fingerprint density at radius 2 is 1.88 bits per heavy atom. The Morgan fingerprint density at radius 3 is 2.42 bits per heavy atom. The first-order valence-corrected chi connectivity index (χ1v) is 8.69. The van der Waals surface area contributed by atoms with E-state index >= 15 is 0 Å². The summed E-state index contributed by atoms with van der Waals surface area (Å²) in [5.41, 5.74) is 0.923. The standard InChI is InChI=1S/C15H22F3N3OS.HI/c1-3-19-14(21-10-11-23-2)20-9-8-12-4-6-13(7-5-12)22-15(16,17)18;/h4-7H,3,8-11H2,1-2H3,(H2,19,20,21);1H. The molecule has 24 heavy (non-hydrogen) atoms. The Morgan fingerprint density at radius 1 is 1.21 bits per heavy atom. The molecule has 0 atom stereocenters. The van der Waals surface area contributed by atoms with E-state index in [9.17, 15) is 13.2 Å². The summed E-state index contributed by atoms with van der Waals surface area (Å²) in [5, 5.41) is 6.35. The molecule has 0 aromatic heterocycles. The molecule has 0 saturated heterocycles. The topological polar surface area (TPSA) is 45.7 Å². The minimum absolute atomic E-state index is 0. The van der Waals surface area contributed by atoms with Gasteiger partial charge in [-0.3, -0.25) is 4.99 Å². The summed E-state index contributed by atoms with van der Waals surface area (Å²) in [5.74, 6) is 1.50. The monoisotopic (exact) mass is 477 g/mol. The Labute approximate surface area is 162 Å². The lowest BCUT2D eigenvalue weighted by Crippen LogP contribution is -2.38. The molecule has 0 bridgehead atoms. The van der Waals surface area contributed by atoms with E-state index in [1.807, 2.05) is 13.2 Å². The molecule has 0 unspecified atom stereocenters. The van der Waals surface area contributed by atoms with Crippen molar-refractivity contribution in [1.82, 2.24) is 10.6 Å². The lowest BCUT2D eigenvalue weighted by atomic mass is 10.1. The van der Waals surface area contributed by atoms with Crippen molar-refractivity contribution >= 4 is 41.7 Å². The Bertz CT molecular complexity index is 484. The first-order valence-electron chi connectivity index (χ1n) is 7.30. The zero-order valence-electron chi connectivity index (χ0n) is 13.7. The number of thioether (sulfide) groups is 1. The SMILES string of the molecule is CCNC(=NCCSC)NCCc1ccc(OC(F)(F)F)cc1.I. The number of nitrogens with zero attached hydrogens (tertiary/aromatic N) is 1. The number of hydrogen-bond acceptors (Lipinski definition) is 3. The van der Waals surface area contributed by atoms with Crippen molar-refractivity contribution in [2.24, 2.45) is 4.99 Å². The van der Waals surface area contributed by atoms with Crippen molar-refractivity contribution in [2.75, 3.05) is 31.6 Å². The van der Waals surface area contributed by atoms with E-state index in [4.69, 9.17) is 0 Å². The molecular weight excluding hydrogens is 454 g/mol. The van der Waals surface area contributed by atoms with Gasteiger partial charge in [0.05, 0.1) is 6.54 Å². The molecule has 0 radical (unpaired) electrons. The van der Waals surface area contributed by atoms with Crippen LogP contribution in [0, 0.1) is 0 Å². The fourth-order valence-electron chi connectivity index (χ4n) is 1.77. The lowest BCUT2D eigenvalue weighted by molar-refractivity contribution is -0.274. The highest BCUT2D eigenvalue weighted by molar-refractivity contribution is 14.0. The van der Waals surface area contributed by atoms with Gasteiger partial charge in [0, 0.05) is 18.8 Å². The second-order valence-electron chi connectivity index (χ2n) is 4.62. The van der Waals surface area contributed by atoms with Gasteiger partial charge in [0.1, 0.15) is 5.75 Å². The molecule has 1 aromatic carbocycles. The van der Waals surface area contributed by atoms with Crippen molar-refractivity contribution in [3.8, 4) is 5.75 Å². The zero-order chi connectivity index (χ0) is 17.1. The van der Waals surface area contributed by atoms with Crippen molar-refractivity contribution in [2.45, 2.75) is 19.7 Å². The number of alkyl halides is 3. The van der Waals surface area contributed by atoms with Gasteiger partial charge in [0.2, 0.25) is 0 Å². The number of nitrogens with one attached hydrogen (secondary N) is 2. The fourth-order valence-corrected chi connectivity index (χ4v) is 2.05. The van der Waals surface area contributed by atoms with Crippen molar-refractivity contribution in [3.05, 3.63) is 29.8 Å². The highest BCUT2D eigenvalue weighted by atomic mass is 127. The van der Waals surface area contributed by atoms with Gasteiger partial charge in [0.25, 0.3) is 0 Å². The van der Waals surface area contributed by atoms with Gasteiger partial charge in [-0.05, 0) is 37.3 Å². The van der Waals surface area contributed by atoms with Crippen LogP contribution in [-0.2, 0) is 6.42 Å². The van der Waals surface area contributed by atoms with E-state index < -0.39 is 6.36 Å². The predicted molar refractivity (Wildman–Crippen MR) is 105 cm³/mol. The Kier molecular flexibility index (Phi) is 12.1. The second-order valence-corrected chi connectivity index (χ2v) is 5.61. The first-order chi connectivity index (χ1) is 10.9. The van der Waals surface area contributed by atoms with Gasteiger partial charge in [-0.2, -0.15) is 11.8 Å². The number of benzene rings is 1. The molecule has 1 rings (SSSR count). The Balaban J connectivity index is 0.00000529. The fraction of sp³-hybridized carbons (Fsp3) is 0.533. The van der Waals surface area contributed by atoms with Crippen LogP contribution in [0.4, 0.5) is 13.2 Å². The molecule has 138 valence electrons. The molecule has 0 aliphatic rings. The minimum Gasteiger partial charge on any atom is -0.406 e. The van der Waals surface area contributed by atoms with Crippen LogP contribution >= 0.6 is 35.7 Å². The number of hydrogen-bond donors (Lipinski definition) is 2. The molecule has 1 aromatic rings. The molecule has 0 heterocycles. The Hall–Kier alpha value is -0.840. The average molecular weight is 477 g/mol. The van der Waals surface area contributed by atoms with Crippen LogP contribution in [0.3, 0.4) is 0 Å². The summed E-state index contributed by atoms with van der Waals surface area (Å²) in [6, 6.07) is 5.89. The molecular formula is C15H23F3IN3OS. The molecule has 0 spiro atoms. The lowest BCUT2D eigenvalue weighted by Gasteiger charge is -2.12. The maximum atomic E-state index is 12.1. The summed E-state index contributed by atoms with van der Waals surface area (Å²) in [6.07, 6.45) is -1.95. The van der Waals surface area contributed by atoms with E-state index in [0.29, 0.717) is 13.0 Å². The van der Waals surface area contributed by atoms with E-state index in [0.717, 1.165) is 30.4 Å². The minimum atomic E-state index is -4.66. The molecule has 2 N–H and O–H groups in total. The predicted octanol–water partition coefficient (Wildman–Crippen LogP) is 3.66. The van der Waals surface area contributed by atoms with Gasteiger partial charge in [-0.1, -0.05) is 12.1 Å². The van der Waals surface area contributed by atoms with Crippen molar-refractivity contribution in [3.63, 3.8) is 0 Å². The van der Waals surface area contributed by atoms with E-state index in [1.165, 1.54) is 12.1 Å². The van der Waals surface area contributed by atoms with Gasteiger partial charge in [-0.15, -0.1) is 37.1 Å². The third kappa shape index (κ3) is 10.8. The quantitative estimate of drug-likeness (QED) is 0.260. The summed E-state index contributed by atoms with van der Waals surface area (Å²) in [6.45, 7) is 4.14. The van der Waals surface area contributed by atoms with E-state index in [2.05, 4.69) is 20.4 Å². The molecule has 0 aliphatic heterocycles. The zero-order valence-corrected chi connectivity index (χ0v) is 16.8. The first kappa shape index (κ1) is 23.2. The number of aliphatic imine (C=N–C) groups is 1. The maximum absolute atomic E-state index is 12.1. The summed E-state index contributed by atoms with van der Waals surface area (Å²) < 4.78 is 40.1. The van der Waals surface area contributed by atoms with Gasteiger partial charge >= 0.3 is 6.36 Å². The van der Waals surface area contributed by atoms with Crippen LogP contribution in [-0.4, -0.2) is 44.0 Å². The third-order valence-electron chi connectivity index (χ3n) is 2.77. The van der Waals surface area contributed by atoms with Crippen molar-refractivity contribution in [1.29, 1.82) is 0 Å². The van der Waals surface area contributed by atoms with Crippen LogP contribution in [0.1, 0.15) is 12.5 Å². The number of rotatable bonds is 8. The number of halogens is 4. The molecule has 0 saturated carbocycles. The van der Waals surface area contributed by atoms with E-state index in [1.54, 1.807) is 23.9 Å². The smallest absolute Gasteiger partial charge is 0.406 e. The molecule has 0 fully saturated rings. The van der Waals surface area contributed by atoms with Crippen LogP contribution in [0.15, 0.2) is 29.3 Å². The normalized spacial score (nSPS) is 11.6. The average Bonchev–Trinajstić information content (AvgIpc) is 2.48. The van der Waals surface area contributed by atoms with Crippen LogP contribution in [0.25, 0.3) is 0 Å². The second kappa shape index (κ2) is 12.5. The summed E-state index contributed by atoms with van der Waals surface area (Å²) >= 11 is 1.73. The molecule has 4 nitrogen and oxygen atoms in total. The molecule has 0 aliphatic carbocycles. The van der Waals surface area contributed by atoms with Crippen molar-refractivity contribution < 1.29 is 17.9 Å². The van der Waals surface area contributed by atoms with Gasteiger partial charge in [0.15, 0.2) is 5.96 Å².